The minimum Gasteiger partial charge on any atom is -0.480 e. The zero-order chi connectivity index (χ0) is 24.8. The van der Waals surface area contributed by atoms with E-state index in [0.717, 1.165) is 57.8 Å². The summed E-state index contributed by atoms with van der Waals surface area (Å²) in [5.74, 6) is -0.507. The molecular formula is C29H56O2S2. The molecule has 33 heavy (non-hydrogen) atoms. The van der Waals surface area contributed by atoms with Crippen molar-refractivity contribution in [1.82, 2.24) is 0 Å². The third kappa shape index (κ3) is 6.89. The highest BCUT2D eigenvalue weighted by molar-refractivity contribution is 8.77. The van der Waals surface area contributed by atoms with Crippen LogP contribution in [0.1, 0.15) is 157 Å². The maximum Gasteiger partial charge on any atom is 0.321 e. The minimum atomic E-state index is -0.651. The van der Waals surface area contributed by atoms with Crippen LogP contribution in [0.25, 0.3) is 0 Å². The first-order valence-electron chi connectivity index (χ1n) is 14.5. The van der Waals surface area contributed by atoms with Crippen molar-refractivity contribution in [2.45, 2.75) is 167 Å². The van der Waals surface area contributed by atoms with Gasteiger partial charge in [-0.2, -0.15) is 0 Å². The normalized spacial score (nSPS) is 24.1. The first-order valence-corrected chi connectivity index (χ1v) is 16.7. The van der Waals surface area contributed by atoms with Crippen molar-refractivity contribution >= 4 is 27.6 Å². The Morgan fingerprint density at radius 2 is 1.09 bits per heavy atom. The Kier molecular flexibility index (Phi) is 15.1. The van der Waals surface area contributed by atoms with Gasteiger partial charge in [0.2, 0.25) is 0 Å². The first kappa shape index (κ1) is 31.2. The molecule has 2 nitrogen and oxygen atoms in total. The van der Waals surface area contributed by atoms with Crippen LogP contribution in [0.5, 0.6) is 0 Å². The number of unbranched alkanes of at least 4 members (excludes halogenated alkanes) is 6. The van der Waals surface area contributed by atoms with E-state index in [4.69, 9.17) is 0 Å². The van der Waals surface area contributed by atoms with Crippen LogP contribution < -0.4 is 0 Å². The Morgan fingerprint density at radius 3 is 1.52 bits per heavy atom. The summed E-state index contributed by atoms with van der Waals surface area (Å²) in [7, 11) is 3.81. The van der Waals surface area contributed by atoms with E-state index in [0.29, 0.717) is 5.25 Å². The number of carbonyl (C=O) groups is 1. The van der Waals surface area contributed by atoms with E-state index in [2.05, 4.69) is 41.5 Å². The van der Waals surface area contributed by atoms with Gasteiger partial charge in [-0.05, 0) is 43.9 Å². The Morgan fingerprint density at radius 1 is 0.667 bits per heavy atom. The third-order valence-corrected chi connectivity index (χ3v) is 12.5. The van der Waals surface area contributed by atoms with E-state index in [-0.39, 0.29) is 10.8 Å². The van der Waals surface area contributed by atoms with Gasteiger partial charge in [0.1, 0.15) is 4.75 Å². The molecular weight excluding hydrogens is 444 g/mol. The van der Waals surface area contributed by atoms with Crippen molar-refractivity contribution in [1.29, 1.82) is 0 Å². The van der Waals surface area contributed by atoms with E-state index >= 15 is 0 Å². The van der Waals surface area contributed by atoms with Crippen molar-refractivity contribution in [3.05, 3.63) is 0 Å². The van der Waals surface area contributed by atoms with Crippen molar-refractivity contribution < 1.29 is 9.90 Å². The van der Waals surface area contributed by atoms with E-state index < -0.39 is 10.7 Å². The fourth-order valence-electron chi connectivity index (χ4n) is 6.68. The van der Waals surface area contributed by atoms with Crippen LogP contribution in [-0.2, 0) is 4.79 Å². The molecule has 0 aromatic heterocycles. The number of hydrogen-bond donors (Lipinski definition) is 1. The predicted molar refractivity (Wildman–Crippen MR) is 151 cm³/mol. The van der Waals surface area contributed by atoms with Crippen molar-refractivity contribution in [3.63, 3.8) is 0 Å². The molecule has 2 atom stereocenters. The molecule has 0 saturated carbocycles. The second-order valence-corrected chi connectivity index (χ2v) is 13.4. The molecule has 1 N–H and O–H groups in total. The highest BCUT2D eigenvalue weighted by Crippen LogP contribution is 2.74. The topological polar surface area (TPSA) is 37.3 Å². The minimum absolute atomic E-state index is 0.105. The Balaban J connectivity index is 3.89. The SMILES string of the molecule is CCCCC1SSC(CCCC)(C(=O)O)C(CCCC)(CCCC)C1(CCCC)CCCC. The van der Waals surface area contributed by atoms with Crippen molar-refractivity contribution in [2.75, 3.05) is 0 Å². The summed E-state index contributed by atoms with van der Waals surface area (Å²) in [4.78, 5) is 13.4. The van der Waals surface area contributed by atoms with Gasteiger partial charge in [0, 0.05) is 10.7 Å². The lowest BCUT2D eigenvalue weighted by Gasteiger charge is -2.65. The van der Waals surface area contributed by atoms with Crippen molar-refractivity contribution in [2.24, 2.45) is 10.8 Å². The Labute approximate surface area is 215 Å². The summed E-state index contributed by atoms with van der Waals surface area (Å²) in [5.41, 5.74) is 0.0340. The average molecular weight is 501 g/mol. The zero-order valence-electron chi connectivity index (χ0n) is 23.0. The summed E-state index contributed by atoms with van der Waals surface area (Å²) in [5, 5.41) is 11.6. The van der Waals surface area contributed by atoms with Gasteiger partial charge in [-0.1, -0.05) is 140 Å². The van der Waals surface area contributed by atoms with Gasteiger partial charge in [0.15, 0.2) is 0 Å². The quantitative estimate of drug-likeness (QED) is 0.179. The summed E-state index contributed by atoms with van der Waals surface area (Å²) < 4.78 is -0.651. The van der Waals surface area contributed by atoms with Gasteiger partial charge < -0.3 is 5.11 Å². The van der Waals surface area contributed by atoms with Crippen LogP contribution >= 0.6 is 21.6 Å². The van der Waals surface area contributed by atoms with E-state index in [1.54, 1.807) is 0 Å². The van der Waals surface area contributed by atoms with Gasteiger partial charge in [-0.3, -0.25) is 4.79 Å². The molecule has 1 aliphatic rings. The van der Waals surface area contributed by atoms with Crippen LogP contribution in [0.2, 0.25) is 0 Å². The molecule has 1 fully saturated rings. The lowest BCUT2D eigenvalue weighted by atomic mass is 9.47. The molecule has 0 amide bonds. The van der Waals surface area contributed by atoms with Crippen LogP contribution in [0.4, 0.5) is 0 Å². The highest BCUT2D eigenvalue weighted by Gasteiger charge is 2.69. The van der Waals surface area contributed by atoms with E-state index in [1.165, 1.54) is 57.8 Å². The van der Waals surface area contributed by atoms with Gasteiger partial charge >= 0.3 is 5.97 Å². The molecule has 2 unspecified atom stereocenters. The first-order chi connectivity index (χ1) is 15.9. The highest BCUT2D eigenvalue weighted by atomic mass is 33.1. The van der Waals surface area contributed by atoms with Crippen LogP contribution in [0.15, 0.2) is 0 Å². The molecule has 0 aliphatic carbocycles. The summed E-state index contributed by atoms with van der Waals surface area (Å²) >= 11 is 0. The average Bonchev–Trinajstić information content (AvgIpc) is 2.82. The number of carboxylic acid groups (broad SMARTS) is 1. The molecule has 0 aromatic rings. The monoisotopic (exact) mass is 500 g/mol. The number of hydrogen-bond acceptors (Lipinski definition) is 3. The Hall–Kier alpha value is 0.170. The zero-order valence-corrected chi connectivity index (χ0v) is 24.6. The smallest absolute Gasteiger partial charge is 0.321 e. The summed E-state index contributed by atoms with van der Waals surface area (Å²) in [6, 6.07) is 0. The van der Waals surface area contributed by atoms with Gasteiger partial charge in [-0.25, -0.2) is 0 Å². The number of aliphatic carboxylic acids is 1. The molecule has 196 valence electrons. The molecule has 0 aromatic carbocycles. The molecule has 1 heterocycles. The number of rotatable bonds is 19. The number of carboxylic acids is 1. The molecule has 1 saturated heterocycles. The molecule has 4 heteroatoms. The Bertz CT molecular complexity index is 520. The fraction of sp³-hybridized carbons (Fsp3) is 0.966. The van der Waals surface area contributed by atoms with Crippen LogP contribution in [0, 0.1) is 10.8 Å². The standard InChI is InChI=1S/C29H56O2S2/c1-7-13-19-25-27(20-14-8-2,21-15-9-3)28(22-16-10-4,23-17-11-5)29(26(30)31,33-32-25)24-18-12-6/h25H,7-24H2,1-6H3,(H,30,31). The second kappa shape index (κ2) is 16.0. The predicted octanol–water partition coefficient (Wildman–Crippen LogP) is 10.7. The maximum absolute atomic E-state index is 13.4. The molecule has 1 rings (SSSR count). The van der Waals surface area contributed by atoms with Crippen molar-refractivity contribution in [3.8, 4) is 0 Å². The van der Waals surface area contributed by atoms with Crippen LogP contribution in [-0.4, -0.2) is 21.1 Å². The second-order valence-electron chi connectivity index (χ2n) is 10.7. The third-order valence-electron chi connectivity index (χ3n) is 8.56. The molecule has 0 bridgehead atoms. The summed E-state index contributed by atoms with van der Waals surface area (Å²) in [6.45, 7) is 13.8. The molecule has 0 spiro atoms. The largest absolute Gasteiger partial charge is 0.480 e. The van der Waals surface area contributed by atoms with Gasteiger partial charge in [0.25, 0.3) is 0 Å². The van der Waals surface area contributed by atoms with Gasteiger partial charge in [0.05, 0.1) is 0 Å². The fourth-order valence-corrected chi connectivity index (χ4v) is 11.4. The summed E-state index contributed by atoms with van der Waals surface area (Å²) in [6.07, 6.45) is 20.9. The van der Waals surface area contributed by atoms with E-state index in [9.17, 15) is 9.90 Å². The van der Waals surface area contributed by atoms with Crippen LogP contribution in [0.3, 0.4) is 0 Å². The maximum atomic E-state index is 13.4. The molecule has 0 radical (unpaired) electrons. The molecule has 1 aliphatic heterocycles. The van der Waals surface area contributed by atoms with Gasteiger partial charge in [-0.15, -0.1) is 0 Å². The lowest BCUT2D eigenvalue weighted by Crippen LogP contribution is -2.65. The lowest BCUT2D eigenvalue weighted by molar-refractivity contribution is -0.153. The van der Waals surface area contributed by atoms with E-state index in [1.807, 2.05) is 21.6 Å².